The highest BCUT2D eigenvalue weighted by Crippen LogP contribution is 2.42. The molecule has 1 aliphatic rings. The molecule has 0 aliphatic carbocycles. The number of carbonyl (C=O) groups excluding carboxylic acids is 1. The van der Waals surface area contributed by atoms with Crippen LogP contribution in [0.3, 0.4) is 0 Å². The fraction of sp³-hybridized carbons (Fsp3) is 0.286. The molecule has 1 N–H and O–H groups in total. The molecule has 1 aromatic carbocycles. The highest BCUT2D eigenvalue weighted by atomic mass is 16.7. The van der Waals surface area contributed by atoms with Gasteiger partial charge in [0.05, 0.1) is 20.6 Å². The molecular weight excluding hydrogens is 280 g/mol. The normalized spacial score (nSPS) is 13.0. The third-order valence-electron chi connectivity index (χ3n) is 2.81. The van der Waals surface area contributed by atoms with E-state index in [9.17, 15) is 9.59 Å². The fourth-order valence-electron chi connectivity index (χ4n) is 1.91. The topological polar surface area (TPSA) is 91.3 Å². The van der Waals surface area contributed by atoms with Gasteiger partial charge in [0, 0.05) is 5.57 Å². The Hall–Kier alpha value is -2.70. The van der Waals surface area contributed by atoms with E-state index in [2.05, 4.69) is 4.74 Å². The Morgan fingerprint density at radius 2 is 2.10 bits per heavy atom. The van der Waals surface area contributed by atoms with Crippen LogP contribution in [0.15, 0.2) is 17.7 Å². The first-order chi connectivity index (χ1) is 10.0. The minimum Gasteiger partial charge on any atom is -0.493 e. The summed E-state index contributed by atoms with van der Waals surface area (Å²) in [5, 5.41) is 8.84. The van der Waals surface area contributed by atoms with Gasteiger partial charge in [0.2, 0.25) is 12.5 Å². The molecule has 0 fully saturated rings. The Bertz CT molecular complexity index is 604. The molecule has 1 heterocycles. The van der Waals surface area contributed by atoms with Crippen molar-refractivity contribution in [3.63, 3.8) is 0 Å². The van der Waals surface area contributed by atoms with Crippen LogP contribution in [0.25, 0.3) is 6.08 Å². The first-order valence-electron chi connectivity index (χ1n) is 6.03. The van der Waals surface area contributed by atoms with Gasteiger partial charge in [-0.2, -0.15) is 0 Å². The van der Waals surface area contributed by atoms with Crippen molar-refractivity contribution in [3.05, 3.63) is 23.3 Å². The highest BCUT2D eigenvalue weighted by Gasteiger charge is 2.21. The minimum atomic E-state index is -1.13. The number of carboxylic acids is 1. The van der Waals surface area contributed by atoms with E-state index >= 15 is 0 Å². The number of fused-ring (bicyclic) bond motifs is 1. The van der Waals surface area contributed by atoms with Crippen molar-refractivity contribution in [3.8, 4) is 17.2 Å². The zero-order valence-electron chi connectivity index (χ0n) is 11.5. The predicted molar refractivity (Wildman–Crippen MR) is 71.4 cm³/mol. The number of aliphatic carboxylic acids is 1. The second-order valence-corrected chi connectivity index (χ2v) is 4.19. The number of esters is 1. The maximum absolute atomic E-state index is 11.6. The molecule has 0 saturated heterocycles. The van der Waals surface area contributed by atoms with Crippen molar-refractivity contribution >= 4 is 18.0 Å². The zero-order chi connectivity index (χ0) is 15.4. The molecule has 7 nitrogen and oxygen atoms in total. The lowest BCUT2D eigenvalue weighted by Crippen LogP contribution is -2.09. The number of methoxy groups -OCH3 is 2. The zero-order valence-corrected chi connectivity index (χ0v) is 11.5. The predicted octanol–water partition coefficient (Wildman–Crippen LogP) is 1.45. The van der Waals surface area contributed by atoms with Crippen LogP contribution in [0.5, 0.6) is 17.2 Å². The number of rotatable bonds is 5. The first-order valence-corrected chi connectivity index (χ1v) is 6.03. The smallest absolute Gasteiger partial charge is 0.334 e. The summed E-state index contributed by atoms with van der Waals surface area (Å²) >= 11 is 0. The molecule has 21 heavy (non-hydrogen) atoms. The second-order valence-electron chi connectivity index (χ2n) is 4.19. The Morgan fingerprint density at radius 3 is 2.71 bits per heavy atom. The van der Waals surface area contributed by atoms with Crippen LogP contribution in [0.2, 0.25) is 0 Å². The molecule has 0 unspecified atom stereocenters. The van der Waals surface area contributed by atoms with Gasteiger partial charge in [-0.3, -0.25) is 4.79 Å². The van der Waals surface area contributed by atoms with Crippen LogP contribution >= 0.6 is 0 Å². The molecule has 0 atom stereocenters. The quantitative estimate of drug-likeness (QED) is 0.649. The Kier molecular flexibility index (Phi) is 4.32. The second kappa shape index (κ2) is 6.17. The summed E-state index contributed by atoms with van der Waals surface area (Å²) in [5.41, 5.74) is 0.573. The van der Waals surface area contributed by atoms with Gasteiger partial charge in [-0.1, -0.05) is 0 Å². The largest absolute Gasteiger partial charge is 0.493 e. The van der Waals surface area contributed by atoms with E-state index in [-0.39, 0.29) is 12.4 Å². The SMILES string of the molecule is COC(=O)/C(=C\c1cc(OC)c2c(c1)OCO2)CC(=O)O. The molecule has 1 aliphatic heterocycles. The van der Waals surface area contributed by atoms with Crippen LogP contribution in [0, 0.1) is 0 Å². The van der Waals surface area contributed by atoms with Crippen molar-refractivity contribution in [2.45, 2.75) is 6.42 Å². The van der Waals surface area contributed by atoms with Crippen molar-refractivity contribution < 1.29 is 33.6 Å². The number of carbonyl (C=O) groups is 2. The summed E-state index contributed by atoms with van der Waals surface area (Å²) in [4.78, 5) is 22.4. The summed E-state index contributed by atoms with van der Waals surface area (Å²) in [6, 6.07) is 3.26. The highest BCUT2D eigenvalue weighted by molar-refractivity contribution is 5.98. The van der Waals surface area contributed by atoms with E-state index in [1.165, 1.54) is 20.3 Å². The number of ether oxygens (including phenoxy) is 4. The first kappa shape index (κ1) is 14.7. The standard InChI is InChI=1S/C14H14O7/c1-18-10-4-8(5-11-13(10)21-7-20-11)3-9(6-12(15)16)14(17)19-2/h3-5H,6-7H2,1-2H3,(H,15,16)/b9-3-. The van der Waals surface area contributed by atoms with E-state index in [1.807, 2.05) is 0 Å². The molecular formula is C14H14O7. The molecule has 7 heteroatoms. The number of carboxylic acid groups (broad SMARTS) is 1. The maximum Gasteiger partial charge on any atom is 0.334 e. The van der Waals surface area contributed by atoms with E-state index in [4.69, 9.17) is 19.3 Å². The molecule has 2 rings (SSSR count). The Balaban J connectivity index is 2.41. The average Bonchev–Trinajstić information content (AvgIpc) is 2.92. The summed E-state index contributed by atoms with van der Waals surface area (Å²) < 4.78 is 20.3. The summed E-state index contributed by atoms with van der Waals surface area (Å²) in [7, 11) is 2.67. The monoisotopic (exact) mass is 294 g/mol. The van der Waals surface area contributed by atoms with E-state index < -0.39 is 18.4 Å². The van der Waals surface area contributed by atoms with E-state index in [1.54, 1.807) is 12.1 Å². The van der Waals surface area contributed by atoms with Gasteiger partial charge in [-0.15, -0.1) is 0 Å². The molecule has 0 bridgehead atoms. The lowest BCUT2D eigenvalue weighted by molar-refractivity contribution is -0.141. The van der Waals surface area contributed by atoms with Crippen LogP contribution < -0.4 is 14.2 Å². The molecule has 0 saturated carbocycles. The van der Waals surface area contributed by atoms with Gasteiger partial charge in [0.15, 0.2) is 11.5 Å². The van der Waals surface area contributed by atoms with Gasteiger partial charge in [0.25, 0.3) is 0 Å². The van der Waals surface area contributed by atoms with Gasteiger partial charge in [-0.05, 0) is 23.8 Å². The fourth-order valence-corrected chi connectivity index (χ4v) is 1.91. The summed E-state index contributed by atoms with van der Waals surface area (Å²) in [6.45, 7) is 0.0812. The van der Waals surface area contributed by atoms with Crippen LogP contribution in [-0.4, -0.2) is 38.1 Å². The number of hydrogen-bond donors (Lipinski definition) is 1. The van der Waals surface area contributed by atoms with Crippen molar-refractivity contribution in [2.24, 2.45) is 0 Å². The maximum atomic E-state index is 11.6. The van der Waals surface area contributed by atoms with Crippen LogP contribution in [0.4, 0.5) is 0 Å². The van der Waals surface area contributed by atoms with Gasteiger partial charge < -0.3 is 24.1 Å². The van der Waals surface area contributed by atoms with Gasteiger partial charge in [0.1, 0.15) is 0 Å². The Labute approximate surface area is 120 Å². The molecule has 1 aromatic rings. The van der Waals surface area contributed by atoms with E-state index in [0.29, 0.717) is 22.8 Å². The summed E-state index contributed by atoms with van der Waals surface area (Å²) in [5.74, 6) is -0.433. The minimum absolute atomic E-state index is 0.0194. The molecule has 0 amide bonds. The third-order valence-corrected chi connectivity index (χ3v) is 2.81. The average molecular weight is 294 g/mol. The Morgan fingerprint density at radius 1 is 1.33 bits per heavy atom. The van der Waals surface area contributed by atoms with Crippen LogP contribution in [-0.2, 0) is 14.3 Å². The third kappa shape index (κ3) is 3.25. The molecule has 0 spiro atoms. The lowest BCUT2D eigenvalue weighted by atomic mass is 10.1. The number of benzene rings is 1. The van der Waals surface area contributed by atoms with E-state index in [0.717, 1.165) is 0 Å². The van der Waals surface area contributed by atoms with Crippen molar-refractivity contribution in [2.75, 3.05) is 21.0 Å². The summed E-state index contributed by atoms with van der Waals surface area (Å²) in [6.07, 6.45) is 0.980. The van der Waals surface area contributed by atoms with Gasteiger partial charge >= 0.3 is 11.9 Å². The van der Waals surface area contributed by atoms with Crippen molar-refractivity contribution in [1.29, 1.82) is 0 Å². The van der Waals surface area contributed by atoms with Crippen LogP contribution in [0.1, 0.15) is 12.0 Å². The van der Waals surface area contributed by atoms with Gasteiger partial charge in [-0.25, -0.2) is 4.79 Å². The van der Waals surface area contributed by atoms with Crippen molar-refractivity contribution in [1.82, 2.24) is 0 Å². The lowest BCUT2D eigenvalue weighted by Gasteiger charge is -2.07. The number of hydrogen-bond acceptors (Lipinski definition) is 6. The molecule has 112 valence electrons. The molecule has 0 aromatic heterocycles. The molecule has 0 radical (unpaired) electrons.